The number of halogens is 5. The summed E-state index contributed by atoms with van der Waals surface area (Å²) in [4.78, 5) is 0. The van der Waals surface area contributed by atoms with Gasteiger partial charge in [-0.05, 0) is 42.8 Å². The Labute approximate surface area is 167 Å². The summed E-state index contributed by atoms with van der Waals surface area (Å²) in [6.45, 7) is 0. The highest BCUT2D eigenvalue weighted by molar-refractivity contribution is 7.95. The molecule has 0 saturated carbocycles. The van der Waals surface area contributed by atoms with Gasteiger partial charge in [0.25, 0.3) is 0 Å². The lowest BCUT2D eigenvalue weighted by atomic mass is 10.2. The summed E-state index contributed by atoms with van der Waals surface area (Å²) in [6.07, 6.45) is -6.75. The third kappa shape index (κ3) is 4.51. The second-order valence-corrected chi connectivity index (χ2v) is 10.5. The zero-order chi connectivity index (χ0) is 21.0. The standard InChI is InChI=1S/C23H21F5P/c24-22(25,23(26,27)28)17-10-18-29(19-11-4-1-5-12-19,20-13-6-2-7-14-20)21-15-8-3-9-16-21/h1-9,11-16H,10,17-18H2/q+1. The SMILES string of the molecule is FC(F)(F)C(F)(F)CCC[P+](c1ccccc1)(c1ccccc1)c1ccccc1. The van der Waals surface area contributed by atoms with Gasteiger partial charge in [-0.1, -0.05) is 54.6 Å². The summed E-state index contributed by atoms with van der Waals surface area (Å²) >= 11 is 0. The van der Waals surface area contributed by atoms with Crippen LogP contribution in [0.4, 0.5) is 22.0 Å². The number of rotatable bonds is 7. The molecule has 0 aromatic heterocycles. The fourth-order valence-corrected chi connectivity index (χ4v) is 7.91. The molecule has 3 aromatic carbocycles. The molecule has 152 valence electrons. The average molecular weight is 423 g/mol. The van der Waals surface area contributed by atoms with Crippen LogP contribution in [-0.2, 0) is 0 Å². The van der Waals surface area contributed by atoms with Crippen molar-refractivity contribution in [2.24, 2.45) is 0 Å². The van der Waals surface area contributed by atoms with E-state index in [1.807, 2.05) is 91.0 Å². The molecule has 0 unspecified atom stereocenters. The van der Waals surface area contributed by atoms with Crippen LogP contribution in [0, 0.1) is 0 Å². The topological polar surface area (TPSA) is 0 Å². The van der Waals surface area contributed by atoms with Crippen LogP contribution in [0.15, 0.2) is 91.0 Å². The number of alkyl halides is 5. The van der Waals surface area contributed by atoms with Crippen molar-refractivity contribution in [3.63, 3.8) is 0 Å². The number of benzene rings is 3. The third-order valence-corrected chi connectivity index (χ3v) is 9.52. The summed E-state index contributed by atoms with van der Waals surface area (Å²) in [5.41, 5.74) is 0. The zero-order valence-electron chi connectivity index (χ0n) is 15.6. The van der Waals surface area contributed by atoms with Crippen molar-refractivity contribution in [2.75, 3.05) is 6.16 Å². The summed E-state index contributed by atoms with van der Waals surface area (Å²) < 4.78 is 65.2. The lowest BCUT2D eigenvalue weighted by Gasteiger charge is -2.28. The van der Waals surface area contributed by atoms with E-state index >= 15 is 0 Å². The lowest BCUT2D eigenvalue weighted by Crippen LogP contribution is -2.38. The normalized spacial score (nSPS) is 12.7. The van der Waals surface area contributed by atoms with Gasteiger partial charge in [0.2, 0.25) is 0 Å². The molecule has 0 amide bonds. The first-order chi connectivity index (χ1) is 13.8. The van der Waals surface area contributed by atoms with Crippen LogP contribution in [0.3, 0.4) is 0 Å². The molecule has 3 rings (SSSR count). The highest BCUT2D eigenvalue weighted by Crippen LogP contribution is 2.56. The molecular formula is C23H21F5P+. The Morgan fingerprint density at radius 3 is 1.21 bits per heavy atom. The molecule has 3 aromatic rings. The summed E-state index contributed by atoms with van der Waals surface area (Å²) in [6, 6.07) is 28.5. The fourth-order valence-electron chi connectivity index (χ4n) is 3.56. The number of hydrogen-bond donors (Lipinski definition) is 0. The minimum absolute atomic E-state index is 0.233. The smallest absolute Gasteiger partial charge is 0.196 e. The van der Waals surface area contributed by atoms with Crippen LogP contribution >= 0.6 is 7.26 Å². The van der Waals surface area contributed by atoms with Gasteiger partial charge in [0.15, 0.2) is 0 Å². The van der Waals surface area contributed by atoms with Gasteiger partial charge in [0, 0.05) is 6.42 Å². The van der Waals surface area contributed by atoms with Gasteiger partial charge in [0.05, 0.1) is 6.16 Å². The van der Waals surface area contributed by atoms with Crippen molar-refractivity contribution in [2.45, 2.75) is 24.9 Å². The van der Waals surface area contributed by atoms with E-state index in [4.69, 9.17) is 0 Å². The molecule has 0 aliphatic heterocycles. The molecule has 0 N–H and O–H groups in total. The second-order valence-electron chi connectivity index (χ2n) is 6.85. The van der Waals surface area contributed by atoms with Gasteiger partial charge in [-0.3, -0.25) is 0 Å². The monoisotopic (exact) mass is 423 g/mol. The van der Waals surface area contributed by atoms with E-state index in [0.717, 1.165) is 15.9 Å². The predicted octanol–water partition coefficient (Wildman–Crippen LogP) is 5.96. The molecule has 0 bridgehead atoms. The predicted molar refractivity (Wildman–Crippen MR) is 110 cm³/mol. The Bertz CT molecular complexity index is 796. The van der Waals surface area contributed by atoms with E-state index in [2.05, 4.69) is 0 Å². The molecule has 0 atom stereocenters. The van der Waals surface area contributed by atoms with Crippen LogP contribution < -0.4 is 15.9 Å². The summed E-state index contributed by atoms with van der Waals surface area (Å²) in [5, 5.41) is 2.90. The maximum Gasteiger partial charge on any atom is 0.453 e. The van der Waals surface area contributed by atoms with Crippen molar-refractivity contribution in [1.29, 1.82) is 0 Å². The quantitative estimate of drug-likeness (QED) is 0.325. The van der Waals surface area contributed by atoms with Gasteiger partial charge >= 0.3 is 12.1 Å². The Kier molecular flexibility index (Phi) is 6.38. The van der Waals surface area contributed by atoms with E-state index in [-0.39, 0.29) is 12.6 Å². The first-order valence-corrected chi connectivity index (χ1v) is 11.2. The van der Waals surface area contributed by atoms with Gasteiger partial charge in [-0.25, -0.2) is 0 Å². The molecule has 29 heavy (non-hydrogen) atoms. The summed E-state index contributed by atoms with van der Waals surface area (Å²) in [7, 11) is -2.39. The van der Waals surface area contributed by atoms with Crippen LogP contribution in [0.25, 0.3) is 0 Å². The Morgan fingerprint density at radius 2 is 0.897 bits per heavy atom. The van der Waals surface area contributed by atoms with Gasteiger partial charge in [-0.2, -0.15) is 22.0 Å². The third-order valence-electron chi connectivity index (χ3n) is 4.99. The second kappa shape index (κ2) is 8.62. The van der Waals surface area contributed by atoms with Crippen molar-refractivity contribution < 1.29 is 22.0 Å². The molecule has 0 fully saturated rings. The Hall–Kier alpha value is -2.26. The molecule has 0 aliphatic rings. The van der Waals surface area contributed by atoms with E-state index < -0.39 is 25.8 Å². The van der Waals surface area contributed by atoms with Crippen LogP contribution in [0.5, 0.6) is 0 Å². The van der Waals surface area contributed by atoms with Crippen LogP contribution in [0.2, 0.25) is 0 Å². The Balaban J connectivity index is 2.08. The summed E-state index contributed by atoms with van der Waals surface area (Å²) in [5.74, 6) is -4.69. The highest BCUT2D eigenvalue weighted by atomic mass is 31.2. The van der Waals surface area contributed by atoms with Gasteiger partial charge in [0.1, 0.15) is 23.2 Å². The van der Waals surface area contributed by atoms with Crippen molar-refractivity contribution in [3.8, 4) is 0 Å². The Morgan fingerprint density at radius 1 is 0.552 bits per heavy atom. The van der Waals surface area contributed by atoms with E-state index in [1.165, 1.54) is 0 Å². The van der Waals surface area contributed by atoms with Gasteiger partial charge < -0.3 is 0 Å². The van der Waals surface area contributed by atoms with Crippen LogP contribution in [0.1, 0.15) is 12.8 Å². The minimum atomic E-state index is -5.53. The zero-order valence-corrected chi connectivity index (χ0v) is 16.5. The minimum Gasteiger partial charge on any atom is -0.196 e. The molecule has 0 spiro atoms. The molecule has 6 heteroatoms. The van der Waals surface area contributed by atoms with Crippen LogP contribution in [-0.4, -0.2) is 18.3 Å². The van der Waals surface area contributed by atoms with Crippen molar-refractivity contribution in [1.82, 2.24) is 0 Å². The maximum atomic E-state index is 13.6. The van der Waals surface area contributed by atoms with Gasteiger partial charge in [-0.15, -0.1) is 0 Å². The average Bonchev–Trinajstić information content (AvgIpc) is 2.72. The molecule has 0 saturated heterocycles. The first kappa shape index (κ1) is 21.4. The molecule has 0 aliphatic carbocycles. The van der Waals surface area contributed by atoms with E-state index in [9.17, 15) is 22.0 Å². The van der Waals surface area contributed by atoms with Crippen molar-refractivity contribution >= 4 is 23.2 Å². The maximum absolute atomic E-state index is 13.6. The first-order valence-electron chi connectivity index (χ1n) is 9.27. The number of hydrogen-bond acceptors (Lipinski definition) is 0. The van der Waals surface area contributed by atoms with E-state index in [1.54, 1.807) is 0 Å². The molecular weight excluding hydrogens is 402 g/mol. The highest BCUT2D eigenvalue weighted by Gasteiger charge is 2.57. The molecule has 0 nitrogen and oxygen atoms in total. The molecule has 0 radical (unpaired) electrons. The molecule has 0 heterocycles. The van der Waals surface area contributed by atoms with E-state index in [0.29, 0.717) is 0 Å². The van der Waals surface area contributed by atoms with Crippen molar-refractivity contribution in [3.05, 3.63) is 91.0 Å². The fraction of sp³-hybridized carbons (Fsp3) is 0.217. The largest absolute Gasteiger partial charge is 0.453 e. The lowest BCUT2D eigenvalue weighted by molar-refractivity contribution is -0.284.